The molecule has 6 heteroatoms. The van der Waals surface area contributed by atoms with Gasteiger partial charge in [-0.3, -0.25) is 9.59 Å². The van der Waals surface area contributed by atoms with Crippen LogP contribution in [0.4, 0.5) is 0 Å². The van der Waals surface area contributed by atoms with Gasteiger partial charge < -0.3 is 0 Å². The minimum atomic E-state index is -1.28. The summed E-state index contributed by atoms with van der Waals surface area (Å²) >= 11 is 11.6. The number of carbonyl (C=O) groups excluding carboxylic acids is 2. The molecule has 0 aliphatic rings. The van der Waals surface area contributed by atoms with Crippen LogP contribution in [0.1, 0.15) is 23.0 Å². The highest BCUT2D eigenvalue weighted by Crippen LogP contribution is 2.24. The van der Waals surface area contributed by atoms with Gasteiger partial charge in [0.25, 0.3) is 0 Å². The number of ketones is 2. The van der Waals surface area contributed by atoms with Crippen molar-refractivity contribution in [3.05, 3.63) is 69.7 Å². The predicted molar refractivity (Wildman–Crippen MR) is 89.6 cm³/mol. The van der Waals surface area contributed by atoms with Gasteiger partial charge in [-0.05, 0) is 35.4 Å². The minimum absolute atomic E-state index is 0.355. The summed E-state index contributed by atoms with van der Waals surface area (Å²) < 4.78 is 0. The van der Waals surface area contributed by atoms with Crippen molar-refractivity contribution in [3.8, 4) is 12.1 Å². The van der Waals surface area contributed by atoms with Crippen molar-refractivity contribution in [2.24, 2.45) is 0 Å². The Morgan fingerprint density at radius 1 is 0.708 bits per heavy atom. The van der Waals surface area contributed by atoms with Gasteiger partial charge in [-0.15, -0.1) is 0 Å². The van der Waals surface area contributed by atoms with Crippen molar-refractivity contribution < 1.29 is 9.59 Å². The van der Waals surface area contributed by atoms with Crippen LogP contribution in [0.25, 0.3) is 0 Å². The van der Waals surface area contributed by atoms with E-state index in [1.54, 1.807) is 0 Å². The van der Waals surface area contributed by atoms with Gasteiger partial charge in [-0.1, -0.05) is 47.5 Å². The molecule has 24 heavy (non-hydrogen) atoms. The fraction of sp³-hybridized carbons (Fsp3) is 0.111. The minimum Gasteiger partial charge on any atom is -0.289 e. The van der Waals surface area contributed by atoms with E-state index >= 15 is 0 Å². The maximum absolute atomic E-state index is 12.4. The number of hydrogen-bond donors (Lipinski definition) is 0. The van der Waals surface area contributed by atoms with Crippen LogP contribution in [0.2, 0.25) is 10.0 Å². The third kappa shape index (κ3) is 3.81. The van der Waals surface area contributed by atoms with Crippen LogP contribution in [0.15, 0.2) is 48.5 Å². The number of rotatable bonds is 5. The van der Waals surface area contributed by atoms with Crippen LogP contribution >= 0.6 is 23.2 Å². The maximum atomic E-state index is 12.4. The van der Waals surface area contributed by atoms with E-state index in [0.717, 1.165) is 0 Å². The lowest BCUT2D eigenvalue weighted by Gasteiger charge is -2.11. The van der Waals surface area contributed by atoms with Crippen molar-refractivity contribution in [1.82, 2.24) is 0 Å². The second-order valence-electron chi connectivity index (χ2n) is 4.96. The van der Waals surface area contributed by atoms with E-state index in [9.17, 15) is 20.1 Å². The molecule has 0 aliphatic heterocycles. The Kier molecular flexibility index (Phi) is 5.71. The fourth-order valence-corrected chi connectivity index (χ4v) is 2.42. The van der Waals surface area contributed by atoms with E-state index in [-0.39, 0.29) is 0 Å². The molecule has 2 unspecified atom stereocenters. The normalized spacial score (nSPS) is 12.5. The molecule has 0 bridgehead atoms. The molecule has 118 valence electrons. The van der Waals surface area contributed by atoms with E-state index in [4.69, 9.17) is 23.2 Å². The van der Waals surface area contributed by atoms with E-state index in [0.29, 0.717) is 21.2 Å². The van der Waals surface area contributed by atoms with Gasteiger partial charge in [0.05, 0.1) is 12.1 Å². The maximum Gasteiger partial charge on any atom is 0.221 e. The standard InChI is InChI=1S/C18H10Cl2N2O2/c19-13-5-1-11(2-6-13)15(9-21)17(23)18(24)16(10-22)12-3-7-14(20)8-4-12/h1-8,15-16H. The Bertz CT molecular complexity index is 773. The van der Waals surface area contributed by atoms with Crippen molar-refractivity contribution >= 4 is 34.8 Å². The van der Waals surface area contributed by atoms with E-state index < -0.39 is 23.4 Å². The quantitative estimate of drug-likeness (QED) is 0.756. The zero-order valence-electron chi connectivity index (χ0n) is 12.2. The number of carbonyl (C=O) groups is 2. The highest BCUT2D eigenvalue weighted by atomic mass is 35.5. The molecule has 0 aromatic heterocycles. The van der Waals surface area contributed by atoms with Crippen LogP contribution in [-0.4, -0.2) is 11.6 Å². The van der Waals surface area contributed by atoms with Crippen LogP contribution in [0, 0.1) is 22.7 Å². The SMILES string of the molecule is N#CC(C(=O)C(=O)C(C#N)c1ccc(Cl)cc1)c1ccc(Cl)cc1. The summed E-state index contributed by atoms with van der Waals surface area (Å²) in [6.07, 6.45) is 0. The molecule has 0 spiro atoms. The van der Waals surface area contributed by atoms with Crippen LogP contribution < -0.4 is 0 Å². The van der Waals surface area contributed by atoms with Gasteiger partial charge in [0.1, 0.15) is 11.8 Å². The molecule has 0 N–H and O–H groups in total. The first-order chi connectivity index (χ1) is 11.5. The number of benzene rings is 2. The summed E-state index contributed by atoms with van der Waals surface area (Å²) in [5, 5.41) is 19.4. The zero-order chi connectivity index (χ0) is 17.7. The fourth-order valence-electron chi connectivity index (χ4n) is 2.16. The van der Waals surface area contributed by atoms with Crippen LogP contribution in [0.5, 0.6) is 0 Å². The average Bonchev–Trinajstić information content (AvgIpc) is 2.59. The molecular formula is C18H10Cl2N2O2. The molecule has 0 aliphatic carbocycles. The molecule has 0 saturated carbocycles. The lowest BCUT2D eigenvalue weighted by Crippen LogP contribution is -2.26. The number of halogens is 2. The first-order valence-corrected chi connectivity index (χ1v) is 7.61. The number of nitrogens with zero attached hydrogens (tertiary/aromatic N) is 2. The predicted octanol–water partition coefficient (Wildman–Crippen LogP) is 4.05. The van der Waals surface area contributed by atoms with E-state index in [1.807, 2.05) is 12.1 Å². The molecule has 2 aromatic carbocycles. The topological polar surface area (TPSA) is 81.7 Å². The monoisotopic (exact) mass is 356 g/mol. The third-order valence-electron chi connectivity index (χ3n) is 3.43. The molecule has 0 amide bonds. The van der Waals surface area contributed by atoms with Gasteiger partial charge in [0.2, 0.25) is 11.6 Å². The number of Topliss-reactive ketones (excluding diaryl/α,β-unsaturated/α-hetero) is 2. The van der Waals surface area contributed by atoms with Gasteiger partial charge >= 0.3 is 0 Å². The molecule has 0 saturated heterocycles. The summed E-state index contributed by atoms with van der Waals surface area (Å²) in [7, 11) is 0. The Morgan fingerprint density at radius 3 is 1.25 bits per heavy atom. The summed E-state index contributed by atoms with van der Waals surface area (Å²) in [4.78, 5) is 24.8. The second kappa shape index (κ2) is 7.75. The van der Waals surface area contributed by atoms with Crippen LogP contribution in [0.3, 0.4) is 0 Å². The first kappa shape index (κ1) is 17.7. The largest absolute Gasteiger partial charge is 0.289 e. The highest BCUT2D eigenvalue weighted by Gasteiger charge is 2.33. The zero-order valence-corrected chi connectivity index (χ0v) is 13.8. The second-order valence-corrected chi connectivity index (χ2v) is 5.83. The van der Waals surface area contributed by atoms with E-state index in [2.05, 4.69) is 0 Å². The Morgan fingerprint density at radius 2 is 1.00 bits per heavy atom. The van der Waals surface area contributed by atoms with Gasteiger partial charge in [-0.2, -0.15) is 10.5 Å². The summed E-state index contributed by atoms with van der Waals surface area (Å²) in [6, 6.07) is 15.8. The Hall–Kier alpha value is -2.66. The van der Waals surface area contributed by atoms with Crippen LogP contribution in [-0.2, 0) is 9.59 Å². The Balaban J connectivity index is 2.30. The third-order valence-corrected chi connectivity index (χ3v) is 3.94. The summed E-state index contributed by atoms with van der Waals surface area (Å²) in [5.41, 5.74) is 0.709. The van der Waals surface area contributed by atoms with E-state index in [1.165, 1.54) is 48.5 Å². The molecule has 4 nitrogen and oxygen atoms in total. The molecule has 2 rings (SSSR count). The molecule has 2 atom stereocenters. The molecule has 0 heterocycles. The van der Waals surface area contributed by atoms with Crippen molar-refractivity contribution in [2.45, 2.75) is 11.8 Å². The van der Waals surface area contributed by atoms with Crippen molar-refractivity contribution in [2.75, 3.05) is 0 Å². The molecule has 0 fully saturated rings. The van der Waals surface area contributed by atoms with Crippen molar-refractivity contribution in [1.29, 1.82) is 10.5 Å². The van der Waals surface area contributed by atoms with Gasteiger partial charge in [0, 0.05) is 10.0 Å². The number of nitriles is 2. The number of hydrogen-bond acceptors (Lipinski definition) is 4. The van der Waals surface area contributed by atoms with Gasteiger partial charge in [0.15, 0.2) is 0 Å². The summed E-state index contributed by atoms with van der Waals surface area (Å²) in [5.74, 6) is -4.42. The molecular weight excluding hydrogens is 347 g/mol. The average molecular weight is 357 g/mol. The lowest BCUT2D eigenvalue weighted by atomic mass is 9.86. The molecule has 0 radical (unpaired) electrons. The highest BCUT2D eigenvalue weighted by molar-refractivity contribution is 6.42. The summed E-state index contributed by atoms with van der Waals surface area (Å²) in [6.45, 7) is 0. The van der Waals surface area contributed by atoms with Gasteiger partial charge in [-0.25, -0.2) is 0 Å². The first-order valence-electron chi connectivity index (χ1n) is 6.86. The lowest BCUT2D eigenvalue weighted by molar-refractivity contribution is -0.137. The smallest absolute Gasteiger partial charge is 0.221 e. The van der Waals surface area contributed by atoms with Crippen molar-refractivity contribution in [3.63, 3.8) is 0 Å². The molecule has 2 aromatic rings. The Labute approximate surface area is 148 Å².